The van der Waals surface area contributed by atoms with Crippen molar-refractivity contribution in [3.8, 4) is 6.07 Å². The van der Waals surface area contributed by atoms with Gasteiger partial charge in [0, 0.05) is 76.1 Å². The van der Waals surface area contributed by atoms with Gasteiger partial charge in [-0.05, 0) is 119 Å². The fourth-order valence-electron chi connectivity index (χ4n) is 9.45. The minimum atomic E-state index is -4.63. The largest absolute Gasteiger partial charge is 0.417 e. The van der Waals surface area contributed by atoms with Crippen molar-refractivity contribution in [2.75, 3.05) is 79.9 Å². The zero-order chi connectivity index (χ0) is 44.8. The van der Waals surface area contributed by atoms with Crippen molar-refractivity contribution in [3.05, 3.63) is 77.0 Å². The highest BCUT2D eigenvalue weighted by atomic mass is 19.4. The van der Waals surface area contributed by atoms with Crippen LogP contribution in [0.3, 0.4) is 0 Å². The molecule has 2 N–H and O–H groups in total. The average molecular weight is 870 g/mol. The Morgan fingerprint density at radius 3 is 2.10 bits per heavy atom. The fourth-order valence-corrected chi connectivity index (χ4v) is 9.45. The number of nitrogens with one attached hydrogen (secondary N) is 2. The molecule has 3 saturated heterocycles. The number of nitrogens with zero attached hydrogens (tertiary/aromatic N) is 7. The van der Waals surface area contributed by atoms with E-state index in [4.69, 9.17) is 5.26 Å². The molecular formula is C46H54F3N9O5. The highest BCUT2D eigenvalue weighted by Crippen LogP contribution is 2.36. The molecule has 1 atom stereocenters. The lowest BCUT2D eigenvalue weighted by atomic mass is 9.92. The molecule has 7 rings (SSSR count). The first-order valence-corrected chi connectivity index (χ1v) is 21.8. The van der Waals surface area contributed by atoms with E-state index < -0.39 is 41.1 Å². The van der Waals surface area contributed by atoms with Gasteiger partial charge in [-0.15, -0.1) is 0 Å². The molecule has 334 valence electrons. The number of carbonyl (C=O) groups excluding carboxylic acids is 5. The Hall–Kier alpha value is -6.02. The van der Waals surface area contributed by atoms with Crippen molar-refractivity contribution >= 4 is 52.8 Å². The number of hydrogen-bond acceptors (Lipinski definition) is 11. The minimum Gasteiger partial charge on any atom is -0.371 e. The Morgan fingerprint density at radius 1 is 0.873 bits per heavy atom. The van der Waals surface area contributed by atoms with Crippen LogP contribution >= 0.6 is 0 Å². The molecular weight excluding hydrogens is 816 g/mol. The summed E-state index contributed by atoms with van der Waals surface area (Å²) in [7, 11) is 3.63. The van der Waals surface area contributed by atoms with E-state index in [1.165, 1.54) is 19.2 Å². The number of likely N-dealkylation sites (N-methyl/N-ethyl adjacent to an activating group) is 1. The van der Waals surface area contributed by atoms with Crippen LogP contribution < -0.4 is 25.3 Å². The van der Waals surface area contributed by atoms with Gasteiger partial charge in [0.1, 0.15) is 18.1 Å². The van der Waals surface area contributed by atoms with E-state index >= 15 is 0 Å². The normalized spacial score (nSPS) is 18.4. The van der Waals surface area contributed by atoms with Gasteiger partial charge in [-0.2, -0.15) is 18.4 Å². The van der Waals surface area contributed by atoms with Crippen LogP contribution in [-0.2, 0) is 20.6 Å². The number of halogens is 3. The first kappa shape index (κ1) is 45.0. The summed E-state index contributed by atoms with van der Waals surface area (Å²) in [4.78, 5) is 77.7. The molecule has 0 bridgehead atoms. The smallest absolute Gasteiger partial charge is 0.371 e. The van der Waals surface area contributed by atoms with Crippen molar-refractivity contribution in [3.63, 3.8) is 0 Å². The van der Waals surface area contributed by atoms with Crippen molar-refractivity contribution in [1.82, 2.24) is 20.1 Å². The molecule has 3 aromatic rings. The quantitative estimate of drug-likeness (QED) is 0.151. The number of imide groups is 1. The SMILES string of the molecule is CNC(=O)C(CCC=O)N1C(=O)c2ccc(N3CCC(N(C)CCC4CCN(c5ccc(NC(=O)C6CCN(c7ccc(C#N)c(C(F)(F)F)c7)CC6)nc5)CC4)CC3)cc2C1=O. The summed E-state index contributed by atoms with van der Waals surface area (Å²) in [6, 6.07) is 13.8. The molecule has 5 heterocycles. The Bertz CT molecular complexity index is 2210. The summed E-state index contributed by atoms with van der Waals surface area (Å²) in [5.41, 5.74) is 1.45. The number of benzene rings is 2. The Balaban J connectivity index is 0.815. The van der Waals surface area contributed by atoms with Crippen LogP contribution in [0.1, 0.15) is 89.6 Å². The predicted octanol–water partition coefficient (Wildman–Crippen LogP) is 5.72. The van der Waals surface area contributed by atoms with E-state index in [2.05, 4.69) is 37.4 Å². The van der Waals surface area contributed by atoms with Gasteiger partial charge in [-0.1, -0.05) is 0 Å². The van der Waals surface area contributed by atoms with E-state index in [0.29, 0.717) is 55.7 Å². The molecule has 3 fully saturated rings. The third-order valence-corrected chi connectivity index (χ3v) is 13.3. The number of pyridine rings is 1. The number of aldehydes is 1. The monoisotopic (exact) mass is 869 g/mol. The standard InChI is InChI=1S/C46H54F3N9O5/c1-51-43(61)40(4-3-25-59)58-44(62)37-9-7-34(26-38(37)45(58)63)56-23-16-33(17-24-56)54(2)18-11-30-12-19-57(20-13-30)36-8-10-41(52-29-36)53-42(60)31-14-21-55(22-15-31)35-6-5-32(28-50)39(27-35)46(47,48)49/h5-10,25-27,29-31,33,40H,3-4,11-24H2,1-2H3,(H,51,61)(H,52,53,60). The minimum absolute atomic E-state index is 0.0558. The lowest BCUT2D eigenvalue weighted by molar-refractivity contribution is -0.137. The maximum absolute atomic E-state index is 13.5. The van der Waals surface area contributed by atoms with E-state index in [9.17, 15) is 37.1 Å². The number of aromatic nitrogens is 1. The summed E-state index contributed by atoms with van der Waals surface area (Å²) in [5.74, 6) is -0.895. The number of piperidine rings is 3. The van der Waals surface area contributed by atoms with Gasteiger partial charge >= 0.3 is 6.18 Å². The summed E-state index contributed by atoms with van der Waals surface area (Å²) in [5, 5.41) is 14.5. The van der Waals surface area contributed by atoms with E-state index in [0.717, 1.165) is 87.2 Å². The van der Waals surface area contributed by atoms with Gasteiger partial charge in [0.25, 0.3) is 11.8 Å². The highest BCUT2D eigenvalue weighted by molar-refractivity contribution is 6.23. The molecule has 1 aromatic heterocycles. The fraction of sp³-hybridized carbons (Fsp3) is 0.500. The van der Waals surface area contributed by atoms with Crippen LogP contribution in [0.5, 0.6) is 0 Å². The van der Waals surface area contributed by atoms with Crippen LogP contribution in [0.15, 0.2) is 54.7 Å². The molecule has 17 heteroatoms. The van der Waals surface area contributed by atoms with Crippen LogP contribution in [0.2, 0.25) is 0 Å². The number of nitriles is 1. The van der Waals surface area contributed by atoms with Gasteiger partial charge in [0.05, 0.1) is 40.2 Å². The number of alkyl halides is 3. The van der Waals surface area contributed by atoms with Crippen LogP contribution in [0, 0.1) is 23.2 Å². The molecule has 63 heavy (non-hydrogen) atoms. The molecule has 0 spiro atoms. The summed E-state index contributed by atoms with van der Waals surface area (Å²) in [6.07, 6.45) is 4.11. The maximum Gasteiger partial charge on any atom is 0.417 e. The second-order valence-corrected chi connectivity index (χ2v) is 17.0. The molecule has 0 aliphatic carbocycles. The lowest BCUT2D eigenvalue weighted by Gasteiger charge is -2.39. The second-order valence-electron chi connectivity index (χ2n) is 17.0. The third-order valence-electron chi connectivity index (χ3n) is 13.3. The Morgan fingerprint density at radius 2 is 1.48 bits per heavy atom. The molecule has 4 aliphatic heterocycles. The van der Waals surface area contributed by atoms with Gasteiger partial charge in [0.2, 0.25) is 11.8 Å². The van der Waals surface area contributed by atoms with Crippen molar-refractivity contribution in [2.24, 2.45) is 11.8 Å². The topological polar surface area (TPSA) is 162 Å². The summed E-state index contributed by atoms with van der Waals surface area (Å²) in [6.45, 7) is 5.30. The first-order valence-electron chi connectivity index (χ1n) is 21.8. The third kappa shape index (κ3) is 10.1. The molecule has 14 nitrogen and oxygen atoms in total. The first-order chi connectivity index (χ1) is 30.3. The lowest BCUT2D eigenvalue weighted by Crippen LogP contribution is -2.48. The van der Waals surface area contributed by atoms with E-state index in [-0.39, 0.29) is 35.8 Å². The zero-order valence-electron chi connectivity index (χ0n) is 35.7. The maximum atomic E-state index is 13.5. The van der Waals surface area contributed by atoms with Crippen LogP contribution in [-0.4, -0.2) is 117 Å². The number of amides is 4. The number of hydrogen-bond donors (Lipinski definition) is 2. The van der Waals surface area contributed by atoms with Gasteiger partial charge < -0.3 is 35.0 Å². The molecule has 4 amide bonds. The number of fused-ring (bicyclic) bond motifs is 1. The molecule has 1 unspecified atom stereocenters. The molecule has 0 saturated carbocycles. The van der Waals surface area contributed by atoms with Crippen LogP contribution in [0.25, 0.3) is 0 Å². The van der Waals surface area contributed by atoms with Gasteiger partial charge in [-0.25, -0.2) is 4.98 Å². The molecule has 4 aliphatic rings. The second kappa shape index (κ2) is 19.6. The molecule has 0 radical (unpaired) electrons. The van der Waals surface area contributed by atoms with Crippen molar-refractivity contribution in [1.29, 1.82) is 5.26 Å². The highest BCUT2D eigenvalue weighted by Gasteiger charge is 2.43. The van der Waals surface area contributed by atoms with Crippen LogP contribution in [0.4, 0.5) is 36.1 Å². The number of carbonyl (C=O) groups is 5. The van der Waals surface area contributed by atoms with Gasteiger partial charge in [-0.3, -0.25) is 24.1 Å². The van der Waals surface area contributed by atoms with Gasteiger partial charge in [0.15, 0.2) is 0 Å². The molecule has 2 aromatic carbocycles. The van der Waals surface area contributed by atoms with E-state index in [1.807, 2.05) is 23.1 Å². The summed E-state index contributed by atoms with van der Waals surface area (Å²) < 4.78 is 40.5. The predicted molar refractivity (Wildman–Crippen MR) is 231 cm³/mol. The Labute approximate surface area is 365 Å². The van der Waals surface area contributed by atoms with Crippen molar-refractivity contribution < 1.29 is 37.1 Å². The van der Waals surface area contributed by atoms with E-state index in [1.54, 1.807) is 24.4 Å². The average Bonchev–Trinajstić information content (AvgIpc) is 3.55. The summed E-state index contributed by atoms with van der Waals surface area (Å²) >= 11 is 0. The Kier molecular flexibility index (Phi) is 14.0. The number of rotatable bonds is 14. The number of anilines is 4. The van der Waals surface area contributed by atoms with Crippen molar-refractivity contribution in [2.45, 2.75) is 76.0 Å². The zero-order valence-corrected chi connectivity index (χ0v) is 35.7.